The van der Waals surface area contributed by atoms with Gasteiger partial charge >= 0.3 is 0 Å². The Labute approximate surface area is 142 Å². The molecule has 1 fully saturated rings. The molecule has 0 N–H and O–H groups in total. The zero-order valence-electron chi connectivity index (χ0n) is 13.4. The van der Waals surface area contributed by atoms with Gasteiger partial charge in [0, 0.05) is 25.9 Å². The van der Waals surface area contributed by atoms with Gasteiger partial charge in [-0.2, -0.15) is 5.26 Å². The molecule has 5 heteroatoms. The molecule has 2 aromatic rings. The molecule has 4 nitrogen and oxygen atoms in total. The summed E-state index contributed by atoms with van der Waals surface area (Å²) in [7, 11) is -3.36. The maximum atomic E-state index is 12.3. The number of rotatable bonds is 4. The van der Waals surface area contributed by atoms with Crippen LogP contribution < -0.4 is 0 Å². The molecule has 0 amide bonds. The molecule has 1 aliphatic rings. The molecule has 122 valence electrons. The maximum absolute atomic E-state index is 12.3. The Kier molecular flexibility index (Phi) is 4.52. The molecule has 0 aromatic heterocycles. The molecule has 0 atom stereocenters. The average molecular weight is 338 g/mol. The largest absolute Gasteiger partial charge is 0.291 e. The van der Waals surface area contributed by atoms with Crippen LogP contribution in [0.3, 0.4) is 0 Å². The zero-order valence-corrected chi connectivity index (χ0v) is 14.3. The molecule has 0 unspecified atom stereocenters. The van der Waals surface area contributed by atoms with Crippen molar-refractivity contribution in [3.63, 3.8) is 0 Å². The van der Waals surface area contributed by atoms with E-state index >= 15 is 0 Å². The van der Waals surface area contributed by atoms with Gasteiger partial charge in [0.15, 0.2) is 9.84 Å². The maximum Gasteiger partial charge on any atom is 0.176 e. The first-order chi connectivity index (χ1) is 11.5. The third-order valence-electron chi connectivity index (χ3n) is 4.02. The molecule has 0 radical (unpaired) electrons. The first-order valence-corrected chi connectivity index (χ1v) is 9.55. The zero-order chi connectivity index (χ0) is 17.2. The SMILES string of the molecule is CS(=O)(=O)C(=C1CN(Cc2ccccc2)C1)c1cccc(C#N)c1. The van der Waals surface area contributed by atoms with E-state index < -0.39 is 9.84 Å². The van der Waals surface area contributed by atoms with Crippen molar-refractivity contribution >= 4 is 14.7 Å². The molecule has 1 aliphatic heterocycles. The smallest absolute Gasteiger partial charge is 0.176 e. The van der Waals surface area contributed by atoms with Crippen LogP contribution in [-0.2, 0) is 16.4 Å². The van der Waals surface area contributed by atoms with E-state index in [2.05, 4.69) is 23.1 Å². The summed E-state index contributed by atoms with van der Waals surface area (Å²) < 4.78 is 24.5. The van der Waals surface area contributed by atoms with Crippen molar-refractivity contribution in [3.05, 3.63) is 76.9 Å². The van der Waals surface area contributed by atoms with Crippen LogP contribution in [0.4, 0.5) is 0 Å². The van der Waals surface area contributed by atoms with Crippen LogP contribution in [0.1, 0.15) is 16.7 Å². The minimum atomic E-state index is -3.36. The number of hydrogen-bond acceptors (Lipinski definition) is 4. The van der Waals surface area contributed by atoms with Gasteiger partial charge in [-0.05, 0) is 28.8 Å². The number of nitrogens with zero attached hydrogens (tertiary/aromatic N) is 2. The Morgan fingerprint density at radius 1 is 1.12 bits per heavy atom. The summed E-state index contributed by atoms with van der Waals surface area (Å²) in [6.45, 7) is 2.07. The van der Waals surface area contributed by atoms with E-state index in [0.29, 0.717) is 29.1 Å². The minimum Gasteiger partial charge on any atom is -0.291 e. The molecule has 1 saturated heterocycles. The van der Waals surface area contributed by atoms with Gasteiger partial charge in [-0.3, -0.25) is 4.90 Å². The Balaban J connectivity index is 1.86. The fourth-order valence-corrected chi connectivity index (χ4v) is 4.21. The highest BCUT2D eigenvalue weighted by molar-refractivity contribution is 8.00. The highest BCUT2D eigenvalue weighted by Crippen LogP contribution is 2.31. The summed E-state index contributed by atoms with van der Waals surface area (Å²) in [4.78, 5) is 2.56. The molecule has 1 heterocycles. The van der Waals surface area contributed by atoms with Crippen molar-refractivity contribution in [1.82, 2.24) is 4.90 Å². The quantitative estimate of drug-likeness (QED) is 0.860. The number of sulfone groups is 1. The van der Waals surface area contributed by atoms with Crippen molar-refractivity contribution in [2.24, 2.45) is 0 Å². The van der Waals surface area contributed by atoms with Crippen molar-refractivity contribution in [1.29, 1.82) is 5.26 Å². The number of likely N-dealkylation sites (tertiary alicyclic amines) is 1. The lowest BCUT2D eigenvalue weighted by Crippen LogP contribution is -2.40. The normalized spacial score (nSPS) is 14.8. The monoisotopic (exact) mass is 338 g/mol. The van der Waals surface area contributed by atoms with Gasteiger partial charge in [0.05, 0.1) is 16.5 Å². The Hall–Kier alpha value is -2.42. The number of nitriles is 1. The lowest BCUT2D eigenvalue weighted by molar-refractivity contribution is 0.243. The predicted molar refractivity (Wildman–Crippen MR) is 94.6 cm³/mol. The van der Waals surface area contributed by atoms with Gasteiger partial charge in [0.2, 0.25) is 0 Å². The molecule has 3 rings (SSSR count). The van der Waals surface area contributed by atoms with Gasteiger partial charge in [-0.1, -0.05) is 42.5 Å². The van der Waals surface area contributed by atoms with Crippen LogP contribution in [0.15, 0.2) is 60.2 Å². The number of hydrogen-bond donors (Lipinski definition) is 0. The van der Waals surface area contributed by atoms with Gasteiger partial charge in [-0.25, -0.2) is 8.42 Å². The molecular formula is C19H18N2O2S. The lowest BCUT2D eigenvalue weighted by Gasteiger charge is -2.35. The van der Waals surface area contributed by atoms with Gasteiger partial charge in [-0.15, -0.1) is 0 Å². The Bertz CT molecular complexity index is 917. The third-order valence-corrected chi connectivity index (χ3v) is 5.29. The first kappa shape index (κ1) is 16.4. The molecular weight excluding hydrogens is 320 g/mol. The summed E-state index contributed by atoms with van der Waals surface area (Å²) in [5, 5.41) is 9.04. The van der Waals surface area contributed by atoms with E-state index in [1.54, 1.807) is 24.3 Å². The molecule has 0 saturated carbocycles. The lowest BCUT2D eigenvalue weighted by atomic mass is 10.0. The second kappa shape index (κ2) is 6.60. The van der Waals surface area contributed by atoms with Gasteiger partial charge in [0.1, 0.15) is 0 Å². The third kappa shape index (κ3) is 3.56. The highest BCUT2D eigenvalue weighted by atomic mass is 32.2. The molecule has 0 spiro atoms. The fourth-order valence-electron chi connectivity index (χ4n) is 3.00. The first-order valence-electron chi connectivity index (χ1n) is 7.66. The second-order valence-corrected chi connectivity index (χ2v) is 7.98. The molecule has 0 bridgehead atoms. The van der Waals surface area contributed by atoms with E-state index in [1.165, 1.54) is 11.8 Å². The van der Waals surface area contributed by atoms with Crippen molar-refractivity contribution in [2.45, 2.75) is 6.54 Å². The summed E-state index contributed by atoms with van der Waals surface area (Å²) in [6, 6.07) is 19.0. The average Bonchev–Trinajstić information content (AvgIpc) is 2.53. The molecule has 2 aromatic carbocycles. The van der Waals surface area contributed by atoms with Crippen LogP contribution in [0.25, 0.3) is 4.91 Å². The summed E-state index contributed by atoms with van der Waals surface area (Å²) in [6.07, 6.45) is 1.23. The summed E-state index contributed by atoms with van der Waals surface area (Å²) in [5.74, 6) is 0. The van der Waals surface area contributed by atoms with E-state index in [-0.39, 0.29) is 0 Å². The van der Waals surface area contributed by atoms with Gasteiger partial charge in [0.25, 0.3) is 0 Å². The molecule has 24 heavy (non-hydrogen) atoms. The summed E-state index contributed by atoms with van der Waals surface area (Å²) >= 11 is 0. The van der Waals surface area contributed by atoms with E-state index in [9.17, 15) is 8.42 Å². The predicted octanol–water partition coefficient (Wildman–Crippen LogP) is 2.83. The van der Waals surface area contributed by atoms with Crippen molar-refractivity contribution in [3.8, 4) is 6.07 Å². The molecule has 0 aliphatic carbocycles. The van der Waals surface area contributed by atoms with Gasteiger partial charge < -0.3 is 0 Å². The van der Waals surface area contributed by atoms with Crippen LogP contribution in [-0.4, -0.2) is 32.7 Å². The second-order valence-electron chi connectivity index (χ2n) is 6.03. The van der Waals surface area contributed by atoms with Crippen LogP contribution in [0.5, 0.6) is 0 Å². The van der Waals surface area contributed by atoms with Crippen molar-refractivity contribution < 1.29 is 8.42 Å². The number of benzene rings is 2. The van der Waals surface area contributed by atoms with Crippen molar-refractivity contribution in [2.75, 3.05) is 19.3 Å². The topological polar surface area (TPSA) is 61.2 Å². The van der Waals surface area contributed by atoms with E-state index in [1.807, 2.05) is 18.2 Å². The van der Waals surface area contributed by atoms with Crippen LogP contribution >= 0.6 is 0 Å². The standard InChI is InChI=1S/C19H18N2O2S/c1-24(22,23)19(17-9-5-8-16(10-17)11-20)18-13-21(14-18)12-15-6-3-2-4-7-15/h2-10H,12-14H2,1H3. The summed E-state index contributed by atoms with van der Waals surface area (Å²) in [5.41, 5.74) is 3.19. The van der Waals surface area contributed by atoms with E-state index in [4.69, 9.17) is 5.26 Å². The highest BCUT2D eigenvalue weighted by Gasteiger charge is 2.28. The van der Waals surface area contributed by atoms with Crippen LogP contribution in [0, 0.1) is 11.3 Å². The Morgan fingerprint density at radius 2 is 1.83 bits per heavy atom. The fraction of sp³-hybridized carbons (Fsp3) is 0.211. The van der Waals surface area contributed by atoms with E-state index in [0.717, 1.165) is 12.1 Å². The van der Waals surface area contributed by atoms with Crippen LogP contribution in [0.2, 0.25) is 0 Å². The Morgan fingerprint density at radius 3 is 2.46 bits per heavy atom. The minimum absolute atomic E-state index is 0.365.